The van der Waals surface area contributed by atoms with E-state index in [0.717, 1.165) is 11.1 Å². The molecule has 4 aromatic rings. The van der Waals surface area contributed by atoms with Gasteiger partial charge in [-0.1, -0.05) is 36.4 Å². The van der Waals surface area contributed by atoms with Crippen molar-refractivity contribution in [1.29, 1.82) is 0 Å². The van der Waals surface area contributed by atoms with Gasteiger partial charge in [0.15, 0.2) is 23.0 Å². The maximum atomic E-state index is 14.0. The number of carbonyl (C=O) groups is 3. The van der Waals surface area contributed by atoms with Gasteiger partial charge in [-0.25, -0.2) is 4.98 Å². The van der Waals surface area contributed by atoms with E-state index in [0.29, 0.717) is 67.1 Å². The Morgan fingerprint density at radius 3 is 2.64 bits per heavy atom. The normalized spacial score (nSPS) is 17.2. The lowest BCUT2D eigenvalue weighted by atomic mass is 10.1. The van der Waals surface area contributed by atoms with Crippen molar-refractivity contribution in [2.45, 2.75) is 25.4 Å². The summed E-state index contributed by atoms with van der Waals surface area (Å²) < 4.78 is 25.1. The second-order valence-corrected chi connectivity index (χ2v) is 11.2. The van der Waals surface area contributed by atoms with Gasteiger partial charge in [0, 0.05) is 44.0 Å². The molecular weight excluding hydrogens is 602 g/mol. The van der Waals surface area contributed by atoms with Crippen molar-refractivity contribution < 1.29 is 33.3 Å². The number of ether oxygens (including phenoxy) is 4. The Morgan fingerprint density at radius 1 is 0.957 bits per heavy atom. The van der Waals surface area contributed by atoms with E-state index in [9.17, 15) is 14.4 Å². The van der Waals surface area contributed by atoms with Gasteiger partial charge in [0.05, 0.1) is 25.8 Å². The van der Waals surface area contributed by atoms with Crippen LogP contribution in [0.2, 0.25) is 0 Å². The maximum absolute atomic E-state index is 14.0. The van der Waals surface area contributed by atoms with Gasteiger partial charge in [-0.05, 0) is 42.3 Å². The van der Waals surface area contributed by atoms with E-state index >= 15 is 0 Å². The number of hydrogen-bond donors (Lipinski definition) is 2. The molecule has 244 valence electrons. The molecule has 3 amide bonds. The molecular formula is C35H37N5O7. The van der Waals surface area contributed by atoms with Gasteiger partial charge in [0.2, 0.25) is 11.8 Å². The molecule has 0 saturated heterocycles. The van der Waals surface area contributed by atoms with Crippen LogP contribution in [0.25, 0.3) is 11.4 Å². The van der Waals surface area contributed by atoms with Crippen molar-refractivity contribution in [1.82, 2.24) is 25.1 Å². The molecule has 1 atom stereocenters. The third kappa shape index (κ3) is 7.49. The molecule has 2 bridgehead atoms. The molecule has 3 aromatic carbocycles. The van der Waals surface area contributed by atoms with E-state index in [4.69, 9.17) is 18.9 Å². The minimum atomic E-state index is -0.864. The van der Waals surface area contributed by atoms with Crippen LogP contribution in [0.1, 0.15) is 22.3 Å². The summed E-state index contributed by atoms with van der Waals surface area (Å²) in [6.07, 6.45) is 4.24. The molecule has 6 rings (SSSR count). The van der Waals surface area contributed by atoms with Gasteiger partial charge in [-0.2, -0.15) is 0 Å². The van der Waals surface area contributed by atoms with E-state index in [1.807, 2.05) is 59.3 Å². The molecule has 12 nitrogen and oxygen atoms in total. The van der Waals surface area contributed by atoms with Gasteiger partial charge in [0.1, 0.15) is 25.1 Å². The second-order valence-electron chi connectivity index (χ2n) is 11.2. The predicted molar refractivity (Wildman–Crippen MR) is 173 cm³/mol. The predicted octanol–water partition coefficient (Wildman–Crippen LogP) is 3.10. The summed E-state index contributed by atoms with van der Waals surface area (Å²) in [5, 5.41) is 5.85. The summed E-state index contributed by atoms with van der Waals surface area (Å²) in [7, 11) is 1.57. The Bertz CT molecular complexity index is 1720. The van der Waals surface area contributed by atoms with Crippen LogP contribution in [0.3, 0.4) is 0 Å². The highest BCUT2D eigenvalue weighted by Crippen LogP contribution is 2.35. The summed E-state index contributed by atoms with van der Waals surface area (Å²) in [5.74, 6) is 1.41. The largest absolute Gasteiger partial charge is 0.493 e. The van der Waals surface area contributed by atoms with Gasteiger partial charge in [0.25, 0.3) is 5.91 Å². The zero-order chi connectivity index (χ0) is 32.6. The first-order valence-corrected chi connectivity index (χ1v) is 15.6. The first-order chi connectivity index (χ1) is 23.0. The van der Waals surface area contributed by atoms with Crippen LogP contribution in [0.4, 0.5) is 0 Å². The van der Waals surface area contributed by atoms with Crippen LogP contribution >= 0.6 is 0 Å². The molecule has 2 N–H and O–H groups in total. The van der Waals surface area contributed by atoms with Crippen LogP contribution in [0.15, 0.2) is 79.1 Å². The average Bonchev–Trinajstić information content (AvgIpc) is 3.57. The smallest absolute Gasteiger partial charge is 0.258 e. The fraction of sp³-hybridized carbons (Fsp3) is 0.314. The highest BCUT2D eigenvalue weighted by molar-refractivity contribution is 6.00. The number of amides is 3. The third-order valence-corrected chi connectivity index (χ3v) is 7.97. The van der Waals surface area contributed by atoms with Gasteiger partial charge in [-0.3, -0.25) is 14.4 Å². The van der Waals surface area contributed by atoms with Crippen molar-refractivity contribution in [3.8, 4) is 34.4 Å². The Morgan fingerprint density at radius 2 is 1.79 bits per heavy atom. The molecule has 1 aromatic heterocycles. The Kier molecular flexibility index (Phi) is 9.85. The number of rotatable bonds is 4. The molecule has 0 aliphatic carbocycles. The Hall–Kier alpha value is -5.52. The first-order valence-electron chi connectivity index (χ1n) is 15.6. The summed E-state index contributed by atoms with van der Waals surface area (Å²) in [6.45, 7) is 1.59. The quantitative estimate of drug-likeness (QED) is 0.348. The van der Waals surface area contributed by atoms with Crippen LogP contribution in [0.5, 0.6) is 23.0 Å². The molecule has 2 aliphatic heterocycles. The fourth-order valence-electron chi connectivity index (χ4n) is 5.68. The topological polar surface area (TPSA) is 133 Å². The number of imidazole rings is 1. The van der Waals surface area contributed by atoms with E-state index < -0.39 is 17.9 Å². The monoisotopic (exact) mass is 639 g/mol. The highest BCUT2D eigenvalue weighted by atomic mass is 16.6. The van der Waals surface area contributed by atoms with E-state index in [2.05, 4.69) is 15.6 Å². The molecule has 0 radical (unpaired) electrons. The number of para-hydroxylation sites is 1. The number of fused-ring (bicyclic) bond motifs is 5. The van der Waals surface area contributed by atoms with Gasteiger partial charge in [-0.15, -0.1) is 0 Å². The van der Waals surface area contributed by atoms with Gasteiger partial charge >= 0.3 is 0 Å². The van der Waals surface area contributed by atoms with Crippen LogP contribution in [-0.4, -0.2) is 84.8 Å². The summed E-state index contributed by atoms with van der Waals surface area (Å²) in [4.78, 5) is 47.1. The third-order valence-electron chi connectivity index (χ3n) is 7.97. The van der Waals surface area contributed by atoms with Gasteiger partial charge < -0.3 is 39.0 Å². The van der Waals surface area contributed by atoms with Crippen LogP contribution in [-0.2, 0) is 22.6 Å². The zero-order valence-corrected chi connectivity index (χ0v) is 26.1. The van der Waals surface area contributed by atoms with Crippen molar-refractivity contribution in [2.75, 3.05) is 46.6 Å². The molecule has 47 heavy (non-hydrogen) atoms. The number of nitrogens with one attached hydrogen (secondary N) is 2. The summed E-state index contributed by atoms with van der Waals surface area (Å²) in [5.41, 5.74) is 2.00. The molecule has 0 saturated carbocycles. The van der Waals surface area contributed by atoms with E-state index in [1.165, 1.54) is 4.90 Å². The lowest BCUT2D eigenvalue weighted by Crippen LogP contribution is -2.51. The Labute approximate surface area is 272 Å². The lowest BCUT2D eigenvalue weighted by Gasteiger charge is -2.27. The lowest BCUT2D eigenvalue weighted by molar-refractivity contribution is -0.129. The minimum absolute atomic E-state index is 0.193. The van der Waals surface area contributed by atoms with E-state index in [1.54, 1.807) is 31.5 Å². The van der Waals surface area contributed by atoms with Crippen molar-refractivity contribution in [3.05, 3.63) is 90.3 Å². The highest BCUT2D eigenvalue weighted by Gasteiger charge is 2.28. The number of benzene rings is 3. The second kappa shape index (κ2) is 14.7. The standard InChI is InChI=1S/C35H37N5O7/c1-44-28-12-11-25-22-30(28)45-18-6-15-40(35(43)26-9-5-10-29-32(26)47-20-19-46-29)23-31(41)38-27(21-24-7-3-2-4-8-24)34(42)37-14-17-39-16-13-36-33(25)39/h2-5,7-13,16,22,27H,6,14-15,17-21,23H2,1H3,(H,37,42)(H,38,41)/t27-/m0/s1. The zero-order valence-electron chi connectivity index (χ0n) is 26.1. The molecule has 2 aliphatic rings. The Balaban J connectivity index is 1.30. The molecule has 0 fully saturated rings. The summed E-state index contributed by atoms with van der Waals surface area (Å²) in [6, 6.07) is 19.3. The number of nitrogens with zero attached hydrogens (tertiary/aromatic N) is 3. The SMILES string of the molecule is COc1ccc2cc1OCCCN(C(=O)c1cccc3c1OCCO3)CC(=O)N[C@@H](Cc1ccccc1)C(=O)NCCn1ccnc1-2. The first kappa shape index (κ1) is 31.5. The number of methoxy groups -OCH3 is 1. The van der Waals surface area contributed by atoms with Crippen molar-refractivity contribution >= 4 is 17.7 Å². The maximum Gasteiger partial charge on any atom is 0.258 e. The summed E-state index contributed by atoms with van der Waals surface area (Å²) >= 11 is 0. The van der Waals surface area contributed by atoms with E-state index in [-0.39, 0.29) is 32.0 Å². The van der Waals surface area contributed by atoms with Crippen LogP contribution in [0, 0.1) is 0 Å². The average molecular weight is 640 g/mol. The number of carbonyl (C=O) groups excluding carboxylic acids is 3. The van der Waals surface area contributed by atoms with Crippen molar-refractivity contribution in [3.63, 3.8) is 0 Å². The number of aromatic nitrogens is 2. The molecule has 0 unspecified atom stereocenters. The molecule has 12 heteroatoms. The minimum Gasteiger partial charge on any atom is -0.493 e. The fourth-order valence-corrected chi connectivity index (χ4v) is 5.68. The molecule has 3 heterocycles. The molecule has 0 spiro atoms. The number of hydrogen-bond acceptors (Lipinski definition) is 8. The van der Waals surface area contributed by atoms with Crippen LogP contribution < -0.4 is 29.6 Å². The van der Waals surface area contributed by atoms with Crippen molar-refractivity contribution in [2.24, 2.45) is 0 Å².